The van der Waals surface area contributed by atoms with Crippen LogP contribution in [-0.2, 0) is 30.1 Å². The molecule has 3 fully saturated rings. The number of carbonyl (C=O) groups is 2. The summed E-state index contributed by atoms with van der Waals surface area (Å²) in [7, 11) is 5.28. The number of aryl methyl sites for hydroxylation is 3. The van der Waals surface area contributed by atoms with Crippen molar-refractivity contribution in [3.63, 3.8) is 0 Å². The van der Waals surface area contributed by atoms with E-state index in [0.717, 1.165) is 122 Å². The molecular formula is C44H52ClN11O3. The van der Waals surface area contributed by atoms with Gasteiger partial charge in [-0.15, -0.1) is 0 Å². The Morgan fingerprint density at radius 1 is 0.983 bits per heavy atom. The van der Waals surface area contributed by atoms with E-state index in [9.17, 15) is 14.4 Å². The van der Waals surface area contributed by atoms with E-state index < -0.39 is 0 Å². The molecule has 8 rings (SSSR count). The largest absolute Gasteiger partial charge is 0.369 e. The third kappa shape index (κ3) is 8.42. The van der Waals surface area contributed by atoms with E-state index in [1.807, 2.05) is 36.0 Å². The summed E-state index contributed by atoms with van der Waals surface area (Å²) in [6.07, 6.45) is 5.84. The van der Waals surface area contributed by atoms with Crippen LogP contribution in [0.25, 0.3) is 27.5 Å². The molecule has 1 unspecified atom stereocenters. The van der Waals surface area contributed by atoms with Gasteiger partial charge in [0.1, 0.15) is 5.02 Å². The van der Waals surface area contributed by atoms with Crippen LogP contribution in [0.4, 0.5) is 17.5 Å². The van der Waals surface area contributed by atoms with Gasteiger partial charge in [-0.3, -0.25) is 24.0 Å². The van der Waals surface area contributed by atoms with Gasteiger partial charge in [-0.1, -0.05) is 36.9 Å². The van der Waals surface area contributed by atoms with Crippen LogP contribution in [0, 0.1) is 5.92 Å². The average molecular weight is 818 g/mol. The fraction of sp³-hybridized carbons (Fsp3) is 0.409. The second kappa shape index (κ2) is 16.9. The molecule has 1 atom stereocenters. The molecular weight excluding hydrogens is 766 g/mol. The van der Waals surface area contributed by atoms with E-state index in [1.165, 1.54) is 0 Å². The lowest BCUT2D eigenvalue weighted by atomic mass is 9.91. The summed E-state index contributed by atoms with van der Waals surface area (Å²) in [5.74, 6) is 1.35. The van der Waals surface area contributed by atoms with E-state index in [2.05, 4.69) is 67.0 Å². The third-order valence-electron chi connectivity index (χ3n) is 12.3. The molecule has 2 amide bonds. The third-order valence-corrected chi connectivity index (χ3v) is 12.5. The molecule has 59 heavy (non-hydrogen) atoms. The van der Waals surface area contributed by atoms with Crippen molar-refractivity contribution in [2.24, 2.45) is 20.0 Å². The Labute approximate surface area is 348 Å². The Kier molecular flexibility index (Phi) is 11.5. The number of halogens is 1. The zero-order valence-corrected chi connectivity index (χ0v) is 34.8. The van der Waals surface area contributed by atoms with Gasteiger partial charge in [0.2, 0.25) is 17.8 Å². The number of rotatable bonds is 11. The van der Waals surface area contributed by atoms with Gasteiger partial charge in [-0.2, -0.15) is 10.1 Å². The highest BCUT2D eigenvalue weighted by molar-refractivity contribution is 6.33. The van der Waals surface area contributed by atoms with Crippen LogP contribution in [-0.4, -0.2) is 98.8 Å². The first-order valence-corrected chi connectivity index (χ1v) is 20.8. The molecule has 14 nitrogen and oxygen atoms in total. The molecule has 6 heterocycles. The Hall–Kier alpha value is -5.73. The number of benzene rings is 2. The number of piperidine rings is 2. The standard InChI is InChI=1S/C44H52ClN11O3/c1-27-6-10-35(42(58)48-27)40-34-11-7-30(24-38(34)53(5)51-40)28(2)55-20-18-54(19-21-55)26-29-14-16-56(17-15-29)44-47-25-36(45)41(50-44)49-33-9-12-37-32(23-33)22-31(43(59)52(37)4)8-13-39(57)46-3/h7,9,11-12,22-25,29,35H,1-2,6,8,10,13-21,26H2,3-5H3,(H,46,57)(H,48,58)(H,47,49,50). The molecule has 3 aliphatic rings. The highest BCUT2D eigenvalue weighted by Gasteiger charge is 2.30. The van der Waals surface area contributed by atoms with Crippen LogP contribution < -0.4 is 26.4 Å². The van der Waals surface area contributed by atoms with Crippen LogP contribution >= 0.6 is 11.6 Å². The molecule has 3 N–H and O–H groups in total. The van der Waals surface area contributed by atoms with E-state index >= 15 is 0 Å². The second-order valence-electron chi connectivity index (χ2n) is 16.1. The maximum atomic E-state index is 12.9. The minimum atomic E-state index is -0.271. The van der Waals surface area contributed by atoms with Gasteiger partial charge >= 0.3 is 0 Å². The van der Waals surface area contributed by atoms with E-state index in [-0.39, 0.29) is 29.7 Å². The number of hydrogen-bond donors (Lipinski definition) is 3. The van der Waals surface area contributed by atoms with Crippen molar-refractivity contribution >= 4 is 68.4 Å². The van der Waals surface area contributed by atoms with E-state index in [0.29, 0.717) is 34.7 Å². The van der Waals surface area contributed by atoms with Crippen molar-refractivity contribution < 1.29 is 9.59 Å². The Morgan fingerprint density at radius 3 is 2.51 bits per heavy atom. The zero-order chi connectivity index (χ0) is 41.4. The zero-order valence-electron chi connectivity index (χ0n) is 34.1. The highest BCUT2D eigenvalue weighted by atomic mass is 35.5. The predicted octanol–water partition coefficient (Wildman–Crippen LogP) is 5.30. The maximum Gasteiger partial charge on any atom is 0.253 e. The lowest BCUT2D eigenvalue weighted by molar-refractivity contribution is -0.123. The van der Waals surface area contributed by atoms with Crippen molar-refractivity contribution in [3.05, 3.63) is 99.7 Å². The number of allylic oxidation sites excluding steroid dienone is 1. The summed E-state index contributed by atoms with van der Waals surface area (Å²) in [5, 5.41) is 16.0. The van der Waals surface area contributed by atoms with Crippen molar-refractivity contribution in [1.82, 2.24) is 44.7 Å². The topological polar surface area (TPSA) is 146 Å². The quantitative estimate of drug-likeness (QED) is 0.161. The molecule has 2 aromatic carbocycles. The summed E-state index contributed by atoms with van der Waals surface area (Å²) in [6, 6.07) is 14.0. The van der Waals surface area contributed by atoms with Crippen molar-refractivity contribution in [2.45, 2.75) is 44.4 Å². The summed E-state index contributed by atoms with van der Waals surface area (Å²) in [4.78, 5) is 54.2. The molecule has 3 saturated heterocycles. The second-order valence-corrected chi connectivity index (χ2v) is 16.5. The Morgan fingerprint density at radius 2 is 1.76 bits per heavy atom. The molecule has 15 heteroatoms. The number of aromatic nitrogens is 5. The van der Waals surface area contributed by atoms with Gasteiger partial charge in [0.25, 0.3) is 5.56 Å². The normalized spacial score (nSPS) is 18.1. The smallest absolute Gasteiger partial charge is 0.253 e. The van der Waals surface area contributed by atoms with Crippen molar-refractivity contribution in [2.75, 3.05) is 63.1 Å². The van der Waals surface area contributed by atoms with Crippen LogP contribution in [0.3, 0.4) is 0 Å². The Bertz CT molecular complexity index is 2510. The number of fused-ring (bicyclic) bond motifs is 2. The Balaban J connectivity index is 0.840. The lowest BCUT2D eigenvalue weighted by Crippen LogP contribution is -2.48. The molecule has 3 aliphatic heterocycles. The monoisotopic (exact) mass is 817 g/mol. The van der Waals surface area contributed by atoms with Gasteiger partial charge < -0.3 is 30.3 Å². The molecule has 0 spiro atoms. The molecule has 0 bridgehead atoms. The first kappa shape index (κ1) is 40.1. The summed E-state index contributed by atoms with van der Waals surface area (Å²) in [5.41, 5.74) is 6.75. The fourth-order valence-corrected chi connectivity index (χ4v) is 8.87. The molecule has 5 aromatic rings. The van der Waals surface area contributed by atoms with E-state index in [4.69, 9.17) is 21.7 Å². The van der Waals surface area contributed by atoms with Crippen LogP contribution in [0.15, 0.2) is 72.3 Å². The first-order valence-electron chi connectivity index (χ1n) is 20.5. The van der Waals surface area contributed by atoms with Crippen LogP contribution in [0.5, 0.6) is 0 Å². The van der Waals surface area contributed by atoms with E-state index in [1.54, 1.807) is 24.9 Å². The predicted molar refractivity (Wildman–Crippen MR) is 234 cm³/mol. The first-order chi connectivity index (χ1) is 28.4. The lowest BCUT2D eigenvalue weighted by Gasteiger charge is -2.40. The number of anilines is 3. The SMILES string of the molecule is C=C1CCC(c2nn(C)c3cc(C(=C)N4CCN(CC5CCN(c6ncc(Cl)c(Nc7ccc8c(c7)cc(CCC(=O)NC)c(=O)n8C)n6)CC5)CC4)ccc23)C(=O)N1. The molecule has 0 saturated carbocycles. The van der Waals surface area contributed by atoms with Crippen molar-refractivity contribution in [1.29, 1.82) is 0 Å². The van der Waals surface area contributed by atoms with Gasteiger partial charge in [-0.25, -0.2) is 4.98 Å². The highest BCUT2D eigenvalue weighted by Crippen LogP contribution is 2.34. The van der Waals surface area contributed by atoms with Crippen molar-refractivity contribution in [3.8, 4) is 0 Å². The minimum absolute atomic E-state index is 0.0284. The fourth-order valence-electron chi connectivity index (χ4n) is 8.73. The van der Waals surface area contributed by atoms with Gasteiger partial charge in [0.05, 0.1) is 28.8 Å². The number of hydrogen-bond acceptors (Lipinski definition) is 10. The van der Waals surface area contributed by atoms with Crippen LogP contribution in [0.2, 0.25) is 5.02 Å². The summed E-state index contributed by atoms with van der Waals surface area (Å²) in [6.45, 7) is 15.0. The maximum absolute atomic E-state index is 12.9. The minimum Gasteiger partial charge on any atom is -0.369 e. The summed E-state index contributed by atoms with van der Waals surface area (Å²) < 4.78 is 3.50. The number of pyridine rings is 1. The molecule has 3 aromatic heterocycles. The molecule has 308 valence electrons. The number of piperazine rings is 1. The number of nitrogens with one attached hydrogen (secondary N) is 3. The number of amides is 2. The van der Waals surface area contributed by atoms with Crippen LogP contribution in [0.1, 0.15) is 54.8 Å². The molecule has 0 radical (unpaired) electrons. The van der Waals surface area contributed by atoms with Gasteiger partial charge in [-0.05, 0) is 73.9 Å². The number of carbonyl (C=O) groups excluding carboxylic acids is 2. The average Bonchev–Trinajstić information content (AvgIpc) is 3.57. The number of nitrogens with zero attached hydrogens (tertiary/aromatic N) is 8. The molecule has 0 aliphatic carbocycles. The van der Waals surface area contributed by atoms with Gasteiger partial charge in [0.15, 0.2) is 5.82 Å². The van der Waals surface area contributed by atoms with Gasteiger partial charge in [0, 0.05) is 107 Å². The summed E-state index contributed by atoms with van der Waals surface area (Å²) >= 11 is 6.60.